The van der Waals surface area contributed by atoms with Crippen molar-refractivity contribution in [1.82, 2.24) is 5.32 Å². The van der Waals surface area contributed by atoms with Gasteiger partial charge in [-0.05, 0) is 73.2 Å². The molecule has 1 aliphatic rings. The number of ether oxygens (including phenoxy) is 3. The number of nitrogens with zero attached hydrogens (tertiary/aromatic N) is 1. The van der Waals surface area contributed by atoms with Crippen LogP contribution in [-0.4, -0.2) is 64.6 Å². The van der Waals surface area contributed by atoms with E-state index in [0.717, 1.165) is 29.5 Å². The molecule has 0 bridgehead atoms. The number of amides is 1. The highest BCUT2D eigenvalue weighted by Gasteiger charge is 2.31. The minimum atomic E-state index is -0.349. The zero-order chi connectivity index (χ0) is 31.8. The van der Waals surface area contributed by atoms with E-state index < -0.39 is 0 Å². The molecule has 4 aromatic rings. The molecule has 1 fully saturated rings. The molecule has 0 saturated heterocycles. The second-order valence-corrected chi connectivity index (χ2v) is 11.7. The first-order valence-electron chi connectivity index (χ1n) is 15.1. The molecule has 0 unspecified atom stereocenters. The van der Waals surface area contributed by atoms with Gasteiger partial charge < -0.3 is 28.2 Å². The first-order chi connectivity index (χ1) is 21.9. The highest BCUT2D eigenvalue weighted by molar-refractivity contribution is 7.99. The van der Waals surface area contributed by atoms with Gasteiger partial charge in [-0.3, -0.25) is 9.59 Å². The monoisotopic (exact) mass is 634 g/mol. The van der Waals surface area contributed by atoms with Crippen LogP contribution in [0, 0.1) is 5.82 Å². The Hall–Kier alpha value is -3.70. The lowest BCUT2D eigenvalue weighted by atomic mass is 10.0. The van der Waals surface area contributed by atoms with Crippen LogP contribution in [0.1, 0.15) is 57.5 Å². The Morgan fingerprint density at radius 3 is 2.36 bits per heavy atom. The zero-order valence-electron chi connectivity index (χ0n) is 25.9. The summed E-state index contributed by atoms with van der Waals surface area (Å²) in [6.45, 7) is 4.98. The van der Waals surface area contributed by atoms with E-state index in [0.29, 0.717) is 80.1 Å². The molecule has 0 atom stereocenters. The summed E-state index contributed by atoms with van der Waals surface area (Å²) in [5.74, 6) is 0.297. The fraction of sp³-hybridized carbons (Fsp3) is 0.371. The molecule has 0 radical (unpaired) electrons. The molecule has 238 valence electrons. The number of nitrogens with one attached hydrogen (secondary N) is 1. The average molecular weight is 635 g/mol. The van der Waals surface area contributed by atoms with Gasteiger partial charge in [-0.1, -0.05) is 30.1 Å². The minimum absolute atomic E-state index is 0.0383. The van der Waals surface area contributed by atoms with Crippen molar-refractivity contribution in [1.29, 1.82) is 0 Å². The van der Waals surface area contributed by atoms with E-state index in [1.165, 1.54) is 17.7 Å². The number of Topliss-reactive ketones (excluding diaryl/α,β-unsaturated/α-hetero) is 1. The van der Waals surface area contributed by atoms with E-state index >= 15 is 0 Å². The average Bonchev–Trinajstić information content (AvgIpc) is 3.83. The van der Waals surface area contributed by atoms with Crippen LogP contribution < -0.4 is 9.62 Å². The molecule has 1 amide bonds. The van der Waals surface area contributed by atoms with Gasteiger partial charge in [-0.2, -0.15) is 0 Å². The fourth-order valence-electron chi connectivity index (χ4n) is 5.21. The smallest absolute Gasteiger partial charge is 0.255 e. The highest BCUT2D eigenvalue weighted by atomic mass is 32.2. The Morgan fingerprint density at radius 2 is 1.69 bits per heavy atom. The molecule has 1 aliphatic carbocycles. The van der Waals surface area contributed by atoms with Crippen LogP contribution in [-0.2, 0) is 20.8 Å². The maximum absolute atomic E-state index is 13.6. The Morgan fingerprint density at radius 1 is 0.978 bits per heavy atom. The topological polar surface area (TPSA) is 90.2 Å². The van der Waals surface area contributed by atoms with Gasteiger partial charge in [0.25, 0.3) is 5.91 Å². The second kappa shape index (κ2) is 15.5. The number of anilines is 1. The Balaban J connectivity index is 1.15. The Bertz CT molecular complexity index is 1620. The summed E-state index contributed by atoms with van der Waals surface area (Å²) in [7, 11) is 1.60. The highest BCUT2D eigenvalue weighted by Crippen LogP contribution is 2.48. The molecule has 3 aromatic carbocycles. The van der Waals surface area contributed by atoms with Crippen LogP contribution in [0.15, 0.2) is 65.1 Å². The number of ketones is 1. The van der Waals surface area contributed by atoms with Crippen LogP contribution in [0.5, 0.6) is 0 Å². The standard InChI is InChI=1S/C35H39FN2O6S/c1-23(39)27-6-4-5-24(19-27)22-43-18-17-42-16-15-41-14-13-38(45-3)31-21-32-30(20-29(31)25-7-8-25)33(35(40)37-2)34(44-32)26-9-11-28(36)12-10-26/h4-6,9-12,19-21,25H,7-8,13-18,22H2,1-3H3,(H,37,40). The quantitative estimate of drug-likeness (QED) is 0.0754. The van der Waals surface area contributed by atoms with E-state index in [9.17, 15) is 14.0 Å². The van der Waals surface area contributed by atoms with E-state index in [-0.39, 0.29) is 17.5 Å². The molecule has 8 nitrogen and oxygen atoms in total. The summed E-state index contributed by atoms with van der Waals surface area (Å²) in [5, 5.41) is 3.49. The summed E-state index contributed by atoms with van der Waals surface area (Å²) in [6.07, 6.45) is 4.23. The van der Waals surface area contributed by atoms with Crippen molar-refractivity contribution < 1.29 is 32.6 Å². The maximum Gasteiger partial charge on any atom is 0.255 e. The lowest BCUT2D eigenvalue weighted by Gasteiger charge is -2.24. The van der Waals surface area contributed by atoms with Crippen molar-refractivity contribution in [2.24, 2.45) is 0 Å². The lowest BCUT2D eigenvalue weighted by Crippen LogP contribution is -2.22. The molecule has 0 spiro atoms. The normalized spacial score (nSPS) is 12.9. The molecule has 1 N–H and O–H groups in total. The Kier molecular flexibility index (Phi) is 11.3. The third-order valence-electron chi connectivity index (χ3n) is 7.69. The predicted octanol–water partition coefficient (Wildman–Crippen LogP) is 7.01. The van der Waals surface area contributed by atoms with Gasteiger partial charge in [0.2, 0.25) is 0 Å². The van der Waals surface area contributed by atoms with Crippen LogP contribution >= 0.6 is 11.9 Å². The molecule has 0 aliphatic heterocycles. The van der Waals surface area contributed by atoms with Crippen molar-refractivity contribution in [2.75, 3.05) is 57.2 Å². The lowest BCUT2D eigenvalue weighted by molar-refractivity contribution is 0.0121. The third-order valence-corrected chi connectivity index (χ3v) is 8.51. The van der Waals surface area contributed by atoms with Crippen LogP contribution in [0.4, 0.5) is 10.1 Å². The molecule has 10 heteroatoms. The molecule has 1 saturated carbocycles. The third kappa shape index (κ3) is 8.32. The van der Waals surface area contributed by atoms with Crippen molar-refractivity contribution in [2.45, 2.75) is 32.3 Å². The summed E-state index contributed by atoms with van der Waals surface area (Å²) < 4.78 is 39.3. The molecule has 1 heterocycles. The second-order valence-electron chi connectivity index (χ2n) is 10.9. The molecule has 5 rings (SSSR count). The van der Waals surface area contributed by atoms with Crippen LogP contribution in [0.25, 0.3) is 22.3 Å². The van der Waals surface area contributed by atoms with Crippen molar-refractivity contribution in [3.63, 3.8) is 0 Å². The summed E-state index contributed by atoms with van der Waals surface area (Å²) in [6, 6.07) is 17.5. The fourth-order valence-corrected chi connectivity index (χ4v) is 5.82. The van der Waals surface area contributed by atoms with E-state index in [1.54, 1.807) is 44.1 Å². The number of benzene rings is 3. The van der Waals surface area contributed by atoms with Gasteiger partial charge in [0, 0.05) is 35.9 Å². The number of hydrogen-bond donors (Lipinski definition) is 1. The molecular formula is C35H39FN2O6S. The molecule has 45 heavy (non-hydrogen) atoms. The number of carbonyl (C=O) groups is 2. The van der Waals surface area contributed by atoms with Gasteiger partial charge in [-0.15, -0.1) is 0 Å². The largest absolute Gasteiger partial charge is 0.455 e. The SMILES string of the molecule is CNC(=O)c1c(-c2ccc(F)cc2)oc2cc(N(CCOCCOCCOCc3cccc(C(C)=O)c3)SC)c(C3CC3)cc12. The van der Waals surface area contributed by atoms with Crippen LogP contribution in [0.3, 0.4) is 0 Å². The Labute approximate surface area is 267 Å². The van der Waals surface area contributed by atoms with Crippen molar-refractivity contribution in [3.8, 4) is 11.3 Å². The van der Waals surface area contributed by atoms with Gasteiger partial charge in [0.15, 0.2) is 5.78 Å². The molecular weight excluding hydrogens is 595 g/mol. The number of furan rings is 1. The predicted molar refractivity (Wildman–Crippen MR) is 176 cm³/mol. The first kappa shape index (κ1) is 32.7. The van der Waals surface area contributed by atoms with Crippen LogP contribution in [0.2, 0.25) is 0 Å². The van der Waals surface area contributed by atoms with Crippen molar-refractivity contribution >= 4 is 40.3 Å². The van der Waals surface area contributed by atoms with E-state index in [4.69, 9.17) is 18.6 Å². The van der Waals surface area contributed by atoms with Gasteiger partial charge >= 0.3 is 0 Å². The van der Waals surface area contributed by atoms with Gasteiger partial charge in [-0.25, -0.2) is 4.39 Å². The van der Waals surface area contributed by atoms with Gasteiger partial charge in [0.05, 0.1) is 57.4 Å². The minimum Gasteiger partial charge on any atom is -0.455 e. The van der Waals surface area contributed by atoms with E-state index in [1.807, 2.05) is 30.5 Å². The zero-order valence-corrected chi connectivity index (χ0v) is 26.7. The van der Waals surface area contributed by atoms with Crippen molar-refractivity contribution in [3.05, 3.63) is 88.7 Å². The number of halogens is 1. The van der Waals surface area contributed by atoms with Gasteiger partial charge in [0.1, 0.15) is 17.2 Å². The maximum atomic E-state index is 13.6. The summed E-state index contributed by atoms with van der Waals surface area (Å²) in [4.78, 5) is 24.5. The number of carbonyl (C=O) groups excluding carboxylic acids is 2. The number of fused-ring (bicyclic) bond motifs is 1. The first-order valence-corrected chi connectivity index (χ1v) is 16.3. The number of hydrogen-bond acceptors (Lipinski definition) is 8. The number of rotatable bonds is 17. The van der Waals surface area contributed by atoms with E-state index in [2.05, 4.69) is 15.7 Å². The summed E-state index contributed by atoms with van der Waals surface area (Å²) >= 11 is 1.61. The molecule has 1 aromatic heterocycles. The summed E-state index contributed by atoms with van der Waals surface area (Å²) in [5.41, 5.74) is 5.58.